The van der Waals surface area contributed by atoms with Crippen molar-refractivity contribution >= 4 is 12.0 Å². The number of hydrogen-bond donors (Lipinski definition) is 0. The molecular formula is C15H21NO2. The molecule has 0 heterocycles. The standard InChI is InChI=1S/C15H21NO2/c1-4-16(5-2)14(15(17)18-6-3)12-13-10-8-7-9-11-13/h7-12H,4-6H2,1-3H3/b14-12+. The molecule has 0 aliphatic carbocycles. The van der Waals surface area contributed by atoms with Gasteiger partial charge in [0.05, 0.1) is 6.61 Å². The molecule has 1 aromatic rings. The Bertz CT molecular complexity index is 394. The van der Waals surface area contributed by atoms with Crippen molar-refractivity contribution in [3.63, 3.8) is 0 Å². The van der Waals surface area contributed by atoms with Gasteiger partial charge in [-0.25, -0.2) is 4.79 Å². The summed E-state index contributed by atoms with van der Waals surface area (Å²) in [5.74, 6) is -0.259. The number of carbonyl (C=O) groups excluding carboxylic acids is 1. The van der Waals surface area contributed by atoms with E-state index >= 15 is 0 Å². The van der Waals surface area contributed by atoms with Crippen molar-refractivity contribution in [3.8, 4) is 0 Å². The molecule has 0 atom stereocenters. The number of benzene rings is 1. The number of hydrogen-bond acceptors (Lipinski definition) is 3. The fraction of sp³-hybridized carbons (Fsp3) is 0.400. The zero-order valence-electron chi connectivity index (χ0n) is 11.3. The Morgan fingerprint density at radius 1 is 1.17 bits per heavy atom. The maximum absolute atomic E-state index is 12.0. The molecule has 18 heavy (non-hydrogen) atoms. The molecule has 1 aromatic carbocycles. The van der Waals surface area contributed by atoms with Crippen LogP contribution in [0.25, 0.3) is 6.08 Å². The third-order valence-corrected chi connectivity index (χ3v) is 2.69. The molecule has 0 aromatic heterocycles. The van der Waals surface area contributed by atoms with Gasteiger partial charge < -0.3 is 9.64 Å². The lowest BCUT2D eigenvalue weighted by Gasteiger charge is -2.22. The van der Waals surface area contributed by atoms with Crippen LogP contribution in [0.3, 0.4) is 0 Å². The first kappa shape index (κ1) is 14.3. The summed E-state index contributed by atoms with van der Waals surface area (Å²) in [5.41, 5.74) is 1.63. The summed E-state index contributed by atoms with van der Waals surface area (Å²) < 4.78 is 5.11. The highest BCUT2D eigenvalue weighted by molar-refractivity contribution is 5.93. The lowest BCUT2D eigenvalue weighted by atomic mass is 10.2. The Kier molecular flexibility index (Phi) is 5.98. The highest BCUT2D eigenvalue weighted by Crippen LogP contribution is 2.12. The van der Waals surface area contributed by atoms with Crippen molar-refractivity contribution in [2.45, 2.75) is 20.8 Å². The fourth-order valence-corrected chi connectivity index (χ4v) is 1.76. The molecule has 0 aliphatic heterocycles. The summed E-state index contributed by atoms with van der Waals surface area (Å²) in [6, 6.07) is 9.82. The van der Waals surface area contributed by atoms with Gasteiger partial charge in [0.15, 0.2) is 0 Å². The van der Waals surface area contributed by atoms with Crippen LogP contribution in [0.4, 0.5) is 0 Å². The summed E-state index contributed by atoms with van der Waals surface area (Å²) in [7, 11) is 0. The summed E-state index contributed by atoms with van der Waals surface area (Å²) in [4.78, 5) is 14.0. The Morgan fingerprint density at radius 3 is 2.28 bits per heavy atom. The van der Waals surface area contributed by atoms with Crippen molar-refractivity contribution in [3.05, 3.63) is 41.6 Å². The van der Waals surface area contributed by atoms with Crippen LogP contribution in [0.2, 0.25) is 0 Å². The maximum atomic E-state index is 12.0. The first-order valence-corrected chi connectivity index (χ1v) is 6.41. The molecule has 0 unspecified atom stereocenters. The van der Waals surface area contributed by atoms with Crippen LogP contribution >= 0.6 is 0 Å². The molecule has 0 spiro atoms. The molecule has 0 aliphatic rings. The molecule has 0 bridgehead atoms. The van der Waals surface area contributed by atoms with Gasteiger partial charge in [0.25, 0.3) is 0 Å². The number of likely N-dealkylation sites (N-methyl/N-ethyl adjacent to an activating group) is 1. The average Bonchev–Trinajstić information content (AvgIpc) is 2.40. The molecule has 0 fully saturated rings. The Labute approximate surface area is 109 Å². The smallest absolute Gasteiger partial charge is 0.354 e. The van der Waals surface area contributed by atoms with Crippen molar-refractivity contribution in [1.82, 2.24) is 4.90 Å². The normalized spacial score (nSPS) is 11.2. The molecule has 3 nitrogen and oxygen atoms in total. The molecular weight excluding hydrogens is 226 g/mol. The third kappa shape index (κ3) is 3.91. The van der Waals surface area contributed by atoms with Gasteiger partial charge in [-0.1, -0.05) is 30.3 Å². The summed E-state index contributed by atoms with van der Waals surface area (Å²) >= 11 is 0. The molecule has 1 rings (SSSR count). The topological polar surface area (TPSA) is 29.5 Å². The van der Waals surface area contributed by atoms with Crippen molar-refractivity contribution < 1.29 is 9.53 Å². The van der Waals surface area contributed by atoms with E-state index in [1.165, 1.54) is 0 Å². The van der Waals surface area contributed by atoms with Crippen molar-refractivity contribution in [2.24, 2.45) is 0 Å². The summed E-state index contributed by atoms with van der Waals surface area (Å²) in [6.45, 7) is 7.84. The zero-order chi connectivity index (χ0) is 13.4. The van der Waals surface area contributed by atoms with Crippen LogP contribution in [0.1, 0.15) is 26.3 Å². The van der Waals surface area contributed by atoms with Crippen LogP contribution < -0.4 is 0 Å². The molecule has 98 valence electrons. The molecule has 0 radical (unpaired) electrons. The number of ether oxygens (including phenoxy) is 1. The fourth-order valence-electron chi connectivity index (χ4n) is 1.76. The summed E-state index contributed by atoms with van der Waals surface area (Å²) in [5, 5.41) is 0. The Hall–Kier alpha value is -1.77. The summed E-state index contributed by atoms with van der Waals surface area (Å²) in [6.07, 6.45) is 1.88. The SMILES string of the molecule is CCOC(=O)/C(=C\c1ccccc1)N(CC)CC. The Balaban J connectivity index is 3.03. The van der Waals surface area contributed by atoms with E-state index in [4.69, 9.17) is 4.74 Å². The monoisotopic (exact) mass is 247 g/mol. The lowest BCUT2D eigenvalue weighted by molar-refractivity contribution is -0.140. The minimum Gasteiger partial charge on any atom is -0.461 e. The van der Waals surface area contributed by atoms with Crippen LogP contribution in [0.15, 0.2) is 36.0 Å². The van der Waals surface area contributed by atoms with Gasteiger partial charge in [-0.3, -0.25) is 0 Å². The zero-order valence-corrected chi connectivity index (χ0v) is 11.3. The third-order valence-electron chi connectivity index (χ3n) is 2.69. The van der Waals surface area contributed by atoms with Gasteiger partial charge in [0, 0.05) is 13.1 Å². The van der Waals surface area contributed by atoms with Gasteiger partial charge >= 0.3 is 5.97 Å². The predicted octanol–water partition coefficient (Wildman–Crippen LogP) is 2.93. The maximum Gasteiger partial charge on any atom is 0.354 e. The van der Waals surface area contributed by atoms with Crippen LogP contribution in [0.5, 0.6) is 0 Å². The second-order valence-electron chi connectivity index (χ2n) is 3.83. The van der Waals surface area contributed by atoms with Crippen molar-refractivity contribution in [2.75, 3.05) is 19.7 Å². The first-order chi connectivity index (χ1) is 8.72. The van der Waals surface area contributed by atoms with E-state index in [0.717, 1.165) is 18.7 Å². The van der Waals surface area contributed by atoms with Crippen molar-refractivity contribution in [1.29, 1.82) is 0 Å². The average molecular weight is 247 g/mol. The number of esters is 1. The Morgan fingerprint density at radius 2 is 1.78 bits per heavy atom. The second-order valence-corrected chi connectivity index (χ2v) is 3.83. The first-order valence-electron chi connectivity index (χ1n) is 6.41. The number of carbonyl (C=O) groups is 1. The van der Waals surface area contributed by atoms with E-state index in [9.17, 15) is 4.79 Å². The minimum absolute atomic E-state index is 0.259. The van der Waals surface area contributed by atoms with Gasteiger partial charge in [-0.15, -0.1) is 0 Å². The highest BCUT2D eigenvalue weighted by atomic mass is 16.5. The molecule has 0 N–H and O–H groups in total. The van der Waals surface area contributed by atoms with Crippen LogP contribution in [-0.4, -0.2) is 30.6 Å². The molecule has 0 saturated carbocycles. The van der Waals surface area contributed by atoms with E-state index in [1.807, 2.05) is 62.1 Å². The number of nitrogens with zero attached hydrogens (tertiary/aromatic N) is 1. The van der Waals surface area contributed by atoms with E-state index in [0.29, 0.717) is 12.3 Å². The number of rotatable bonds is 6. The van der Waals surface area contributed by atoms with E-state index < -0.39 is 0 Å². The second kappa shape index (κ2) is 7.54. The molecule has 0 saturated heterocycles. The van der Waals surface area contributed by atoms with Gasteiger partial charge in [-0.2, -0.15) is 0 Å². The molecule has 0 amide bonds. The van der Waals surface area contributed by atoms with Gasteiger partial charge in [-0.05, 0) is 32.4 Å². The van der Waals surface area contributed by atoms with E-state index in [2.05, 4.69) is 0 Å². The lowest BCUT2D eigenvalue weighted by Crippen LogP contribution is -2.28. The van der Waals surface area contributed by atoms with Crippen LogP contribution in [0, 0.1) is 0 Å². The van der Waals surface area contributed by atoms with Gasteiger partial charge in [0.1, 0.15) is 5.70 Å². The predicted molar refractivity (Wildman–Crippen MR) is 74.0 cm³/mol. The minimum atomic E-state index is -0.259. The van der Waals surface area contributed by atoms with Crippen LogP contribution in [-0.2, 0) is 9.53 Å². The molecule has 3 heteroatoms. The van der Waals surface area contributed by atoms with E-state index in [-0.39, 0.29) is 5.97 Å². The quantitative estimate of drug-likeness (QED) is 0.572. The van der Waals surface area contributed by atoms with Gasteiger partial charge in [0.2, 0.25) is 0 Å². The van der Waals surface area contributed by atoms with E-state index in [1.54, 1.807) is 0 Å². The highest BCUT2D eigenvalue weighted by Gasteiger charge is 2.16. The largest absolute Gasteiger partial charge is 0.461 e.